The number of hydrogen-bond donors (Lipinski definition) is 0. The van der Waals surface area contributed by atoms with Crippen molar-refractivity contribution in [3.05, 3.63) is 60.2 Å². The second kappa shape index (κ2) is 6.71. The van der Waals surface area contributed by atoms with Crippen LogP contribution in [0.4, 0.5) is 4.39 Å². The monoisotopic (exact) mass is 331 g/mol. The maximum Gasteiger partial charge on any atom is 0.233 e. The normalized spacial score (nSPS) is 18.0. The number of benzene rings is 1. The molecule has 1 unspecified atom stereocenters. The van der Waals surface area contributed by atoms with Crippen LogP contribution in [0.25, 0.3) is 5.69 Å². The highest BCUT2D eigenvalue weighted by atomic mass is 32.2. The molecule has 2 heterocycles. The molecule has 1 aromatic carbocycles. The molecule has 0 saturated carbocycles. The number of rotatable bonds is 4. The average molecular weight is 331 g/mol. The first-order chi connectivity index (χ1) is 11.0. The van der Waals surface area contributed by atoms with Crippen LogP contribution in [-0.2, 0) is 4.79 Å². The summed E-state index contributed by atoms with van der Waals surface area (Å²) in [6.45, 7) is 5.03. The van der Waals surface area contributed by atoms with E-state index >= 15 is 0 Å². The van der Waals surface area contributed by atoms with Crippen LogP contribution in [0.1, 0.15) is 24.8 Å². The Morgan fingerprint density at radius 2 is 1.87 bits per heavy atom. The molecule has 1 aromatic heterocycles. The van der Waals surface area contributed by atoms with Crippen molar-refractivity contribution < 1.29 is 13.8 Å². The van der Waals surface area contributed by atoms with Crippen molar-refractivity contribution >= 4 is 17.7 Å². The molecule has 23 heavy (non-hydrogen) atoms. The van der Waals surface area contributed by atoms with Gasteiger partial charge in [0.2, 0.25) is 11.6 Å². The highest BCUT2D eigenvalue weighted by molar-refractivity contribution is 8.00. The summed E-state index contributed by atoms with van der Waals surface area (Å²) in [4.78, 5) is 14.0. The van der Waals surface area contributed by atoms with Gasteiger partial charge in [-0.1, -0.05) is 13.8 Å². The van der Waals surface area contributed by atoms with Crippen LogP contribution in [0.3, 0.4) is 0 Å². The second-order valence-electron chi connectivity index (χ2n) is 6.12. The van der Waals surface area contributed by atoms with Crippen LogP contribution < -0.4 is 4.57 Å². The van der Waals surface area contributed by atoms with Gasteiger partial charge in [-0.3, -0.25) is 4.79 Å². The molecule has 1 atom stereocenters. The van der Waals surface area contributed by atoms with Crippen LogP contribution >= 0.6 is 11.8 Å². The van der Waals surface area contributed by atoms with Crippen molar-refractivity contribution in [1.82, 2.24) is 4.90 Å². The van der Waals surface area contributed by atoms with E-state index in [1.807, 2.05) is 34.0 Å². The standard InChI is InChI=1S/C18H20FN2OS/c1-13(2)11-21-17(22)12-23-18(21)14-7-9-20(10-8-14)16-5-3-15(19)4-6-16/h3-10,13,18H,11-12H2,1-2H3/q+1. The zero-order valence-electron chi connectivity index (χ0n) is 13.3. The van der Waals surface area contributed by atoms with E-state index < -0.39 is 0 Å². The van der Waals surface area contributed by atoms with E-state index in [9.17, 15) is 9.18 Å². The molecule has 1 aliphatic heterocycles. The average Bonchev–Trinajstić information content (AvgIpc) is 2.89. The lowest BCUT2D eigenvalue weighted by atomic mass is 10.1. The van der Waals surface area contributed by atoms with E-state index in [1.54, 1.807) is 23.9 Å². The molecule has 0 bridgehead atoms. The number of carbonyl (C=O) groups excluding carboxylic acids is 1. The molecule has 120 valence electrons. The third kappa shape index (κ3) is 3.55. The number of halogens is 1. The molecule has 3 rings (SSSR count). The van der Waals surface area contributed by atoms with Crippen LogP contribution in [0.15, 0.2) is 48.8 Å². The van der Waals surface area contributed by atoms with Crippen LogP contribution in [0.5, 0.6) is 0 Å². The quantitative estimate of drug-likeness (QED) is 0.803. The van der Waals surface area contributed by atoms with Gasteiger partial charge in [-0.05, 0) is 23.6 Å². The molecule has 2 aromatic rings. The summed E-state index contributed by atoms with van der Waals surface area (Å²) in [7, 11) is 0. The van der Waals surface area contributed by atoms with Gasteiger partial charge in [0, 0.05) is 30.8 Å². The van der Waals surface area contributed by atoms with E-state index in [0.29, 0.717) is 11.7 Å². The first-order valence-corrected chi connectivity index (χ1v) is 8.77. The SMILES string of the molecule is CC(C)CN1C(=O)CSC1c1cc[n+](-c2ccc(F)cc2)cc1. The van der Waals surface area contributed by atoms with Gasteiger partial charge >= 0.3 is 0 Å². The maximum atomic E-state index is 13.0. The highest BCUT2D eigenvalue weighted by Crippen LogP contribution is 2.38. The van der Waals surface area contributed by atoms with Gasteiger partial charge in [0.25, 0.3) is 0 Å². The largest absolute Gasteiger partial charge is 0.326 e. The fourth-order valence-corrected chi connectivity index (χ4v) is 3.91. The number of pyridine rings is 1. The zero-order chi connectivity index (χ0) is 16.4. The summed E-state index contributed by atoms with van der Waals surface area (Å²) < 4.78 is 14.9. The van der Waals surface area contributed by atoms with Gasteiger partial charge < -0.3 is 4.90 Å². The molecule has 1 saturated heterocycles. The van der Waals surface area contributed by atoms with Gasteiger partial charge in [-0.15, -0.1) is 11.8 Å². The van der Waals surface area contributed by atoms with Crippen molar-refractivity contribution in [2.75, 3.05) is 12.3 Å². The van der Waals surface area contributed by atoms with Gasteiger partial charge in [0.15, 0.2) is 12.4 Å². The molecule has 0 aliphatic carbocycles. The van der Waals surface area contributed by atoms with Gasteiger partial charge in [0.1, 0.15) is 11.2 Å². The zero-order valence-corrected chi connectivity index (χ0v) is 14.1. The summed E-state index contributed by atoms with van der Waals surface area (Å²) in [6, 6.07) is 10.5. The number of aromatic nitrogens is 1. The minimum Gasteiger partial charge on any atom is -0.326 e. The number of amides is 1. The Balaban J connectivity index is 1.81. The van der Waals surface area contributed by atoms with Crippen LogP contribution in [-0.4, -0.2) is 23.1 Å². The fourth-order valence-electron chi connectivity index (χ4n) is 2.71. The Morgan fingerprint density at radius 1 is 1.22 bits per heavy atom. The predicted octanol–water partition coefficient (Wildman–Crippen LogP) is 3.33. The van der Waals surface area contributed by atoms with Crippen molar-refractivity contribution in [3.63, 3.8) is 0 Å². The van der Waals surface area contributed by atoms with E-state index in [-0.39, 0.29) is 17.1 Å². The highest BCUT2D eigenvalue weighted by Gasteiger charge is 2.33. The lowest BCUT2D eigenvalue weighted by Gasteiger charge is -2.25. The molecular weight excluding hydrogens is 311 g/mol. The molecular formula is C18H20FN2OS+. The van der Waals surface area contributed by atoms with Crippen LogP contribution in [0.2, 0.25) is 0 Å². The lowest BCUT2D eigenvalue weighted by molar-refractivity contribution is -0.595. The Kier molecular flexibility index (Phi) is 4.66. The van der Waals surface area contributed by atoms with Crippen molar-refractivity contribution in [1.29, 1.82) is 0 Å². The predicted molar refractivity (Wildman–Crippen MR) is 89.7 cm³/mol. The fraction of sp³-hybridized carbons (Fsp3) is 0.333. The minimum absolute atomic E-state index is 0.0905. The second-order valence-corrected chi connectivity index (χ2v) is 7.19. The van der Waals surface area contributed by atoms with E-state index in [4.69, 9.17) is 0 Å². The van der Waals surface area contributed by atoms with Crippen molar-refractivity contribution in [3.8, 4) is 5.69 Å². The molecule has 0 radical (unpaired) electrons. The van der Waals surface area contributed by atoms with Crippen molar-refractivity contribution in [2.24, 2.45) is 5.92 Å². The maximum absolute atomic E-state index is 13.0. The van der Waals surface area contributed by atoms with E-state index in [1.165, 1.54) is 12.1 Å². The Morgan fingerprint density at radius 3 is 2.48 bits per heavy atom. The topological polar surface area (TPSA) is 24.2 Å². The summed E-state index contributed by atoms with van der Waals surface area (Å²) in [5, 5.41) is 0.0905. The Bertz CT molecular complexity index is 685. The molecule has 1 fully saturated rings. The molecule has 0 N–H and O–H groups in total. The minimum atomic E-state index is -0.240. The summed E-state index contributed by atoms with van der Waals surface area (Å²) in [5.74, 6) is 0.970. The van der Waals surface area contributed by atoms with E-state index in [0.717, 1.165) is 17.8 Å². The summed E-state index contributed by atoms with van der Waals surface area (Å²) in [5.41, 5.74) is 2.03. The Labute approximate surface area is 140 Å². The summed E-state index contributed by atoms with van der Waals surface area (Å²) in [6.07, 6.45) is 3.92. The van der Waals surface area contributed by atoms with Gasteiger partial charge in [-0.25, -0.2) is 4.39 Å². The Hall–Kier alpha value is -1.88. The number of nitrogens with zero attached hydrogens (tertiary/aromatic N) is 2. The molecule has 1 amide bonds. The van der Waals surface area contributed by atoms with E-state index in [2.05, 4.69) is 13.8 Å². The molecule has 3 nitrogen and oxygen atoms in total. The number of hydrogen-bond acceptors (Lipinski definition) is 2. The molecule has 0 spiro atoms. The summed E-state index contributed by atoms with van der Waals surface area (Å²) >= 11 is 1.67. The first-order valence-electron chi connectivity index (χ1n) is 7.73. The molecule has 1 aliphatic rings. The van der Waals surface area contributed by atoms with Gasteiger partial charge in [-0.2, -0.15) is 4.57 Å². The lowest BCUT2D eigenvalue weighted by Crippen LogP contribution is -2.33. The van der Waals surface area contributed by atoms with Crippen molar-refractivity contribution in [2.45, 2.75) is 19.2 Å². The number of carbonyl (C=O) groups is 1. The third-order valence-electron chi connectivity index (χ3n) is 3.80. The molecule has 5 heteroatoms. The first kappa shape index (κ1) is 16.0. The van der Waals surface area contributed by atoms with Crippen LogP contribution in [0, 0.1) is 11.7 Å². The number of thioether (sulfide) groups is 1. The van der Waals surface area contributed by atoms with Gasteiger partial charge in [0.05, 0.1) is 5.75 Å². The third-order valence-corrected chi connectivity index (χ3v) is 5.05. The smallest absolute Gasteiger partial charge is 0.233 e.